The van der Waals surface area contributed by atoms with Crippen LogP contribution in [0.25, 0.3) is 0 Å². The second-order valence-corrected chi connectivity index (χ2v) is 5.95. The van der Waals surface area contributed by atoms with Crippen molar-refractivity contribution in [1.82, 2.24) is 4.90 Å². The molecule has 2 aliphatic rings. The van der Waals surface area contributed by atoms with E-state index in [2.05, 4.69) is 9.91 Å². The Kier molecular flexibility index (Phi) is 4.62. The summed E-state index contributed by atoms with van der Waals surface area (Å²) in [5.41, 5.74) is -0.315. The van der Waals surface area contributed by atoms with Crippen LogP contribution < -0.4 is 9.80 Å². The molecule has 140 valence electrons. The van der Waals surface area contributed by atoms with Crippen molar-refractivity contribution in [3.05, 3.63) is 28.7 Å². The van der Waals surface area contributed by atoms with Crippen molar-refractivity contribution in [2.45, 2.75) is 12.3 Å². The number of nitroso groups, excluding NO2 is 1. The molecule has 0 N–H and O–H groups in total. The molecule has 1 aromatic rings. The van der Waals surface area contributed by atoms with Crippen LogP contribution in [0.2, 0.25) is 0 Å². The summed E-state index contributed by atoms with van der Waals surface area (Å²) in [6.45, 7) is 0.159. The molecule has 2 fully saturated rings. The molecule has 0 unspecified atom stereocenters. The molecule has 1 aromatic carbocycles. The van der Waals surface area contributed by atoms with Gasteiger partial charge in [-0.25, -0.2) is 18.4 Å². The van der Waals surface area contributed by atoms with Crippen LogP contribution in [-0.2, 0) is 9.47 Å². The van der Waals surface area contributed by atoms with Crippen molar-refractivity contribution in [1.29, 1.82) is 0 Å². The van der Waals surface area contributed by atoms with Gasteiger partial charge in [-0.1, -0.05) is 5.18 Å². The van der Waals surface area contributed by atoms with Gasteiger partial charge in [-0.2, -0.15) is 4.91 Å². The fraction of sp³-hybridized carbons (Fsp3) is 0.467. The van der Waals surface area contributed by atoms with Gasteiger partial charge in [0.05, 0.1) is 19.3 Å². The maximum absolute atomic E-state index is 14.4. The maximum atomic E-state index is 14.4. The van der Waals surface area contributed by atoms with Crippen molar-refractivity contribution in [3.63, 3.8) is 0 Å². The first kappa shape index (κ1) is 17.8. The molecule has 26 heavy (non-hydrogen) atoms. The van der Waals surface area contributed by atoms with E-state index in [1.54, 1.807) is 0 Å². The summed E-state index contributed by atoms with van der Waals surface area (Å²) in [7, 11) is 2.55. The van der Waals surface area contributed by atoms with Crippen LogP contribution in [0.1, 0.15) is 0 Å². The number of nitrogens with zero attached hydrogens (tertiary/aromatic N) is 4. The Morgan fingerprint density at radius 1 is 1.31 bits per heavy atom. The number of amides is 2. The predicted octanol–water partition coefficient (Wildman–Crippen LogP) is 1.90. The average Bonchev–Trinajstić information content (AvgIpc) is 2.96. The zero-order valence-corrected chi connectivity index (χ0v) is 14.0. The van der Waals surface area contributed by atoms with E-state index in [0.717, 1.165) is 21.9 Å². The molecular weight excluding hydrogens is 354 g/mol. The number of anilines is 2. The Labute approximate surface area is 147 Å². The molecule has 0 spiro atoms. The summed E-state index contributed by atoms with van der Waals surface area (Å²) in [5.74, 6) is -1.75. The van der Waals surface area contributed by atoms with Crippen LogP contribution in [0.3, 0.4) is 0 Å². The topological polar surface area (TPSA) is 91.8 Å². The monoisotopic (exact) mass is 370 g/mol. The lowest BCUT2D eigenvalue weighted by molar-refractivity contribution is 0.0343. The van der Waals surface area contributed by atoms with Gasteiger partial charge in [0.2, 0.25) is 0 Å². The number of cyclic esters (lactones) is 1. The molecule has 0 radical (unpaired) electrons. The Balaban J connectivity index is 1.79. The molecule has 0 bridgehead atoms. The minimum Gasteiger partial charge on any atom is -0.453 e. The van der Waals surface area contributed by atoms with Gasteiger partial charge in [-0.05, 0) is 0 Å². The van der Waals surface area contributed by atoms with Crippen LogP contribution in [-0.4, -0.2) is 63.1 Å². The van der Waals surface area contributed by atoms with Gasteiger partial charge in [0.1, 0.15) is 11.7 Å². The third-order valence-electron chi connectivity index (χ3n) is 4.33. The molecule has 2 heterocycles. The minimum atomic E-state index is -0.949. The first-order valence-electron chi connectivity index (χ1n) is 7.71. The van der Waals surface area contributed by atoms with Crippen molar-refractivity contribution in [3.8, 4) is 0 Å². The SMILES string of the molecule is COC(=O)N(C)[C@@H]1CN(c2cc(F)c(N3CC(N=O)C3)c(F)c2)C(=O)O1. The summed E-state index contributed by atoms with van der Waals surface area (Å²) in [5, 5.41) is 2.82. The normalized spacial score (nSPS) is 19.8. The highest BCUT2D eigenvalue weighted by Crippen LogP contribution is 2.33. The Morgan fingerprint density at radius 2 is 1.92 bits per heavy atom. The highest BCUT2D eigenvalue weighted by atomic mass is 19.1. The summed E-state index contributed by atoms with van der Waals surface area (Å²) >= 11 is 0. The lowest BCUT2D eigenvalue weighted by atomic mass is 10.1. The van der Waals surface area contributed by atoms with Gasteiger partial charge in [0.15, 0.2) is 17.9 Å². The quantitative estimate of drug-likeness (QED) is 0.752. The minimum absolute atomic E-state index is 0.0416. The molecule has 2 aliphatic heterocycles. The van der Waals surface area contributed by atoms with Crippen LogP contribution in [0.5, 0.6) is 0 Å². The van der Waals surface area contributed by atoms with E-state index >= 15 is 0 Å². The van der Waals surface area contributed by atoms with E-state index in [4.69, 9.17) is 4.74 Å². The fourth-order valence-electron chi connectivity index (χ4n) is 2.84. The van der Waals surface area contributed by atoms with E-state index in [1.807, 2.05) is 0 Å². The van der Waals surface area contributed by atoms with E-state index in [9.17, 15) is 23.3 Å². The smallest absolute Gasteiger partial charge is 0.416 e. The van der Waals surface area contributed by atoms with Crippen molar-refractivity contribution in [2.24, 2.45) is 5.18 Å². The van der Waals surface area contributed by atoms with Crippen molar-refractivity contribution in [2.75, 3.05) is 43.6 Å². The van der Waals surface area contributed by atoms with E-state index < -0.39 is 36.1 Å². The molecule has 2 amide bonds. The number of hydrogen-bond donors (Lipinski definition) is 0. The van der Waals surface area contributed by atoms with Crippen LogP contribution >= 0.6 is 0 Å². The standard InChI is InChI=1S/C15H16F2N4O5/c1-19(14(22)25-2)12-7-21(15(23)26-12)9-3-10(16)13(11(17)4-9)20-5-8(6-20)18-24/h3-4,8,12H,5-7H2,1-2H3/t12-/m0/s1. The molecular formula is C15H16F2N4O5. The largest absolute Gasteiger partial charge is 0.453 e. The lowest BCUT2D eigenvalue weighted by Gasteiger charge is -2.37. The summed E-state index contributed by atoms with van der Waals surface area (Å²) in [6.07, 6.45) is -2.50. The zero-order chi connectivity index (χ0) is 19.0. The molecule has 11 heteroatoms. The van der Waals surface area contributed by atoms with Crippen molar-refractivity contribution >= 4 is 23.6 Å². The Morgan fingerprint density at radius 3 is 2.46 bits per heavy atom. The first-order valence-corrected chi connectivity index (χ1v) is 7.71. The van der Waals surface area contributed by atoms with Crippen LogP contribution in [0.15, 0.2) is 17.3 Å². The highest BCUT2D eigenvalue weighted by molar-refractivity contribution is 5.90. The second kappa shape index (κ2) is 6.73. The van der Waals surface area contributed by atoms with Crippen LogP contribution in [0.4, 0.5) is 29.7 Å². The number of carbonyl (C=O) groups excluding carboxylic acids is 2. The number of halogens is 2. The predicted molar refractivity (Wildman–Crippen MR) is 85.9 cm³/mol. The van der Waals surface area contributed by atoms with E-state index in [-0.39, 0.29) is 31.0 Å². The summed E-state index contributed by atoms with van der Waals surface area (Å²) in [4.78, 5) is 37.4. The van der Waals surface area contributed by atoms with Crippen LogP contribution in [0, 0.1) is 16.5 Å². The average molecular weight is 370 g/mol. The number of ether oxygens (including phenoxy) is 2. The van der Waals surface area contributed by atoms with E-state index in [0.29, 0.717) is 0 Å². The number of carbonyl (C=O) groups is 2. The van der Waals surface area contributed by atoms with Gasteiger partial charge < -0.3 is 14.4 Å². The maximum Gasteiger partial charge on any atom is 0.416 e. The third-order valence-corrected chi connectivity index (χ3v) is 4.33. The van der Waals surface area contributed by atoms with Crippen molar-refractivity contribution < 1.29 is 27.8 Å². The molecule has 0 aromatic heterocycles. The number of benzene rings is 1. The third kappa shape index (κ3) is 3.00. The van der Waals surface area contributed by atoms with Gasteiger partial charge in [0.25, 0.3) is 0 Å². The fourth-order valence-corrected chi connectivity index (χ4v) is 2.84. The van der Waals surface area contributed by atoms with Gasteiger partial charge in [0, 0.05) is 32.3 Å². The zero-order valence-electron chi connectivity index (χ0n) is 14.0. The molecule has 9 nitrogen and oxygen atoms in total. The first-order chi connectivity index (χ1) is 12.3. The number of methoxy groups -OCH3 is 1. The molecule has 2 saturated heterocycles. The number of likely N-dealkylation sites (N-methyl/N-ethyl adjacent to an activating group) is 1. The lowest BCUT2D eigenvalue weighted by Crippen LogP contribution is -2.50. The van der Waals surface area contributed by atoms with Gasteiger partial charge in [-0.15, -0.1) is 0 Å². The van der Waals surface area contributed by atoms with E-state index in [1.165, 1.54) is 19.1 Å². The van der Waals surface area contributed by atoms with Gasteiger partial charge >= 0.3 is 12.2 Å². The molecule has 3 rings (SSSR count). The Hall–Kier alpha value is -2.98. The summed E-state index contributed by atoms with van der Waals surface area (Å²) < 4.78 is 38.3. The summed E-state index contributed by atoms with van der Waals surface area (Å²) in [6, 6.07) is 1.51. The molecule has 0 aliphatic carbocycles. The molecule has 0 saturated carbocycles. The second-order valence-electron chi connectivity index (χ2n) is 5.95. The number of hydrogen-bond acceptors (Lipinski definition) is 7. The Bertz CT molecular complexity index is 733. The highest BCUT2D eigenvalue weighted by Gasteiger charge is 2.38. The molecule has 1 atom stereocenters. The number of rotatable bonds is 4. The van der Waals surface area contributed by atoms with Gasteiger partial charge in [-0.3, -0.25) is 9.80 Å².